The number of nitrogens with zero attached hydrogens (tertiary/aromatic N) is 1. The first-order chi connectivity index (χ1) is 9.22. The van der Waals surface area contributed by atoms with E-state index in [1.165, 1.54) is 36.0 Å². The van der Waals surface area contributed by atoms with E-state index in [1.807, 2.05) is 12.1 Å². The van der Waals surface area contributed by atoms with Gasteiger partial charge < -0.3 is 5.11 Å². The van der Waals surface area contributed by atoms with Gasteiger partial charge in [-0.15, -0.1) is 0 Å². The molecule has 0 aliphatic heterocycles. The predicted molar refractivity (Wildman–Crippen MR) is 79.1 cm³/mol. The predicted octanol–water partition coefficient (Wildman–Crippen LogP) is 3.61. The van der Waals surface area contributed by atoms with Gasteiger partial charge in [-0.3, -0.25) is 4.98 Å². The van der Waals surface area contributed by atoms with Gasteiger partial charge in [0.15, 0.2) is 0 Å². The smallest absolute Gasteiger partial charge is 0.0999 e. The van der Waals surface area contributed by atoms with Crippen LogP contribution in [0.3, 0.4) is 0 Å². The van der Waals surface area contributed by atoms with Crippen LogP contribution in [0.4, 0.5) is 0 Å². The normalized spacial score (nSPS) is 15.3. The van der Waals surface area contributed by atoms with Crippen molar-refractivity contribution in [3.63, 3.8) is 0 Å². The molecule has 19 heavy (non-hydrogen) atoms. The molecule has 0 spiro atoms. The van der Waals surface area contributed by atoms with E-state index in [9.17, 15) is 5.11 Å². The average Bonchev–Trinajstić information content (AvgIpc) is 2.87. The topological polar surface area (TPSA) is 33.1 Å². The molecule has 1 atom stereocenters. The van der Waals surface area contributed by atoms with Crippen molar-refractivity contribution >= 4 is 15.9 Å². The number of hydrogen-bond acceptors (Lipinski definition) is 2. The zero-order valence-electron chi connectivity index (χ0n) is 10.6. The maximum absolute atomic E-state index is 10.2. The number of hydrogen-bond donors (Lipinski definition) is 1. The lowest BCUT2D eigenvalue weighted by Gasteiger charge is -2.11. The molecule has 0 bridgehead atoms. The Kier molecular flexibility index (Phi) is 3.67. The van der Waals surface area contributed by atoms with Crippen LogP contribution in [0, 0.1) is 0 Å². The molecular formula is C16H16BrNO. The molecule has 1 unspecified atom stereocenters. The molecule has 3 heteroatoms. The SMILES string of the molecule is OC(Cc1ccc2c(c1)CCC2)c1ccc(Br)cn1. The second-order valence-electron chi connectivity index (χ2n) is 5.08. The first kappa shape index (κ1) is 12.8. The summed E-state index contributed by atoms with van der Waals surface area (Å²) in [5.74, 6) is 0. The Morgan fingerprint density at radius 2 is 2.00 bits per heavy atom. The van der Waals surface area contributed by atoms with Crippen molar-refractivity contribution < 1.29 is 5.11 Å². The van der Waals surface area contributed by atoms with Crippen molar-refractivity contribution in [2.75, 3.05) is 0 Å². The Hall–Kier alpha value is -1.19. The second-order valence-corrected chi connectivity index (χ2v) is 5.99. The fourth-order valence-corrected chi connectivity index (χ4v) is 2.90. The van der Waals surface area contributed by atoms with Gasteiger partial charge in [-0.1, -0.05) is 18.2 Å². The molecule has 0 saturated heterocycles. The number of aryl methyl sites for hydroxylation is 2. The lowest BCUT2D eigenvalue weighted by atomic mass is 10.0. The van der Waals surface area contributed by atoms with Gasteiger partial charge in [0, 0.05) is 17.1 Å². The Balaban J connectivity index is 1.75. The molecule has 0 amide bonds. The Morgan fingerprint density at radius 1 is 1.16 bits per heavy atom. The number of halogens is 1. The summed E-state index contributed by atoms with van der Waals surface area (Å²) in [4.78, 5) is 4.25. The maximum Gasteiger partial charge on any atom is 0.0999 e. The zero-order chi connectivity index (χ0) is 13.2. The summed E-state index contributed by atoms with van der Waals surface area (Å²) in [5, 5.41) is 10.2. The first-order valence-corrected chi connectivity index (χ1v) is 7.42. The van der Waals surface area contributed by atoms with E-state index in [4.69, 9.17) is 0 Å². The van der Waals surface area contributed by atoms with Crippen LogP contribution in [0.5, 0.6) is 0 Å². The van der Waals surface area contributed by atoms with Crippen LogP contribution in [-0.2, 0) is 19.3 Å². The van der Waals surface area contributed by atoms with Crippen molar-refractivity contribution in [3.05, 3.63) is 63.4 Å². The highest BCUT2D eigenvalue weighted by molar-refractivity contribution is 9.10. The summed E-state index contributed by atoms with van der Waals surface area (Å²) in [5.41, 5.74) is 4.84. The number of rotatable bonds is 3. The van der Waals surface area contributed by atoms with Crippen LogP contribution in [0.1, 0.15) is 34.9 Å². The third-order valence-electron chi connectivity index (χ3n) is 3.68. The first-order valence-electron chi connectivity index (χ1n) is 6.62. The summed E-state index contributed by atoms with van der Waals surface area (Å²) in [6.07, 6.45) is 5.45. The van der Waals surface area contributed by atoms with E-state index in [1.54, 1.807) is 6.20 Å². The molecule has 0 radical (unpaired) electrons. The van der Waals surface area contributed by atoms with Gasteiger partial charge in [0.1, 0.15) is 0 Å². The summed E-state index contributed by atoms with van der Waals surface area (Å²) in [6.45, 7) is 0. The van der Waals surface area contributed by atoms with E-state index in [0.29, 0.717) is 6.42 Å². The van der Waals surface area contributed by atoms with Crippen molar-refractivity contribution in [2.24, 2.45) is 0 Å². The number of aromatic nitrogens is 1. The molecule has 2 aromatic rings. The van der Waals surface area contributed by atoms with Crippen LogP contribution in [0.25, 0.3) is 0 Å². The third-order valence-corrected chi connectivity index (χ3v) is 4.15. The quantitative estimate of drug-likeness (QED) is 0.938. The van der Waals surface area contributed by atoms with E-state index < -0.39 is 6.10 Å². The maximum atomic E-state index is 10.2. The van der Waals surface area contributed by atoms with Crippen molar-refractivity contribution in [1.29, 1.82) is 0 Å². The van der Waals surface area contributed by atoms with Gasteiger partial charge in [0.2, 0.25) is 0 Å². The summed E-state index contributed by atoms with van der Waals surface area (Å²) < 4.78 is 0.931. The molecule has 0 fully saturated rings. The van der Waals surface area contributed by atoms with E-state index in [2.05, 4.69) is 39.1 Å². The lowest BCUT2D eigenvalue weighted by Crippen LogP contribution is -2.04. The standard InChI is InChI=1S/C16H16BrNO/c17-14-6-7-15(18-10-14)16(19)9-11-4-5-12-2-1-3-13(12)8-11/h4-8,10,16,19H,1-3,9H2. The largest absolute Gasteiger partial charge is 0.386 e. The van der Waals surface area contributed by atoms with Gasteiger partial charge in [-0.2, -0.15) is 0 Å². The fourth-order valence-electron chi connectivity index (χ4n) is 2.66. The highest BCUT2D eigenvalue weighted by atomic mass is 79.9. The summed E-state index contributed by atoms with van der Waals surface area (Å²) >= 11 is 3.35. The van der Waals surface area contributed by atoms with Gasteiger partial charge in [-0.25, -0.2) is 0 Å². The summed E-state index contributed by atoms with van der Waals surface area (Å²) in [7, 11) is 0. The van der Waals surface area contributed by atoms with E-state index in [0.717, 1.165) is 10.2 Å². The van der Waals surface area contributed by atoms with Gasteiger partial charge in [0.25, 0.3) is 0 Å². The van der Waals surface area contributed by atoms with Gasteiger partial charge >= 0.3 is 0 Å². The minimum Gasteiger partial charge on any atom is -0.386 e. The van der Waals surface area contributed by atoms with Gasteiger partial charge in [-0.05, 0) is 64.0 Å². The molecule has 1 aliphatic rings. The summed E-state index contributed by atoms with van der Waals surface area (Å²) in [6, 6.07) is 10.4. The number of benzene rings is 1. The molecule has 2 nitrogen and oxygen atoms in total. The number of aliphatic hydroxyl groups is 1. The molecule has 1 aromatic carbocycles. The number of pyridine rings is 1. The number of aliphatic hydroxyl groups excluding tert-OH is 1. The van der Waals surface area contributed by atoms with Crippen LogP contribution in [-0.4, -0.2) is 10.1 Å². The van der Waals surface area contributed by atoms with Crippen molar-refractivity contribution in [1.82, 2.24) is 4.98 Å². The van der Waals surface area contributed by atoms with Crippen LogP contribution >= 0.6 is 15.9 Å². The molecule has 1 N–H and O–H groups in total. The van der Waals surface area contributed by atoms with Crippen LogP contribution in [0.15, 0.2) is 41.0 Å². The molecule has 1 aromatic heterocycles. The van der Waals surface area contributed by atoms with E-state index >= 15 is 0 Å². The minimum absolute atomic E-state index is 0.535. The monoisotopic (exact) mass is 317 g/mol. The van der Waals surface area contributed by atoms with Crippen molar-refractivity contribution in [2.45, 2.75) is 31.8 Å². The molecule has 3 rings (SSSR count). The molecule has 0 saturated carbocycles. The highest BCUT2D eigenvalue weighted by Crippen LogP contribution is 2.25. The lowest BCUT2D eigenvalue weighted by molar-refractivity contribution is 0.173. The average molecular weight is 318 g/mol. The van der Waals surface area contributed by atoms with Crippen LogP contribution in [0.2, 0.25) is 0 Å². The molecule has 98 valence electrons. The van der Waals surface area contributed by atoms with E-state index in [-0.39, 0.29) is 0 Å². The number of fused-ring (bicyclic) bond motifs is 1. The molecule has 1 heterocycles. The fraction of sp³-hybridized carbons (Fsp3) is 0.312. The zero-order valence-corrected chi connectivity index (χ0v) is 12.2. The molecular weight excluding hydrogens is 302 g/mol. The van der Waals surface area contributed by atoms with Crippen LogP contribution < -0.4 is 0 Å². The Labute approximate surface area is 121 Å². The van der Waals surface area contributed by atoms with Gasteiger partial charge in [0.05, 0.1) is 11.8 Å². The Bertz CT molecular complexity index is 580. The third kappa shape index (κ3) is 2.88. The minimum atomic E-state index is -0.535. The second kappa shape index (κ2) is 5.43. The van der Waals surface area contributed by atoms with Crippen molar-refractivity contribution in [3.8, 4) is 0 Å². The Morgan fingerprint density at radius 3 is 2.79 bits per heavy atom. The highest BCUT2D eigenvalue weighted by Gasteiger charge is 2.14. The molecule has 1 aliphatic carbocycles.